The number of hydrogen-bond acceptors (Lipinski definition) is 5. The molecule has 0 aliphatic rings. The molecule has 0 aliphatic carbocycles. The highest BCUT2D eigenvalue weighted by Gasteiger charge is 2.27. The lowest BCUT2D eigenvalue weighted by molar-refractivity contribution is 0.0984. The fraction of sp³-hybridized carbons (Fsp3) is 0.261. The van der Waals surface area contributed by atoms with Gasteiger partial charge in [0, 0.05) is 17.1 Å². The van der Waals surface area contributed by atoms with Gasteiger partial charge in [-0.25, -0.2) is 4.79 Å². The second-order valence-corrected chi connectivity index (χ2v) is 8.17. The summed E-state index contributed by atoms with van der Waals surface area (Å²) in [5.74, 6) is -0.169. The van der Waals surface area contributed by atoms with Crippen LogP contribution < -0.4 is 26.6 Å². The van der Waals surface area contributed by atoms with E-state index < -0.39 is 17.2 Å². The van der Waals surface area contributed by atoms with Crippen molar-refractivity contribution in [1.29, 1.82) is 0 Å². The molecule has 0 radical (unpaired) electrons. The van der Waals surface area contributed by atoms with Crippen molar-refractivity contribution in [2.45, 2.75) is 32.9 Å². The number of anilines is 2. The van der Waals surface area contributed by atoms with Crippen LogP contribution >= 0.6 is 23.2 Å². The van der Waals surface area contributed by atoms with Crippen molar-refractivity contribution in [1.82, 2.24) is 9.55 Å². The Bertz CT molecular complexity index is 1290. The van der Waals surface area contributed by atoms with Crippen molar-refractivity contribution in [3.63, 3.8) is 0 Å². The number of carbonyl (C=O) groups is 1. The molecule has 1 heterocycles. The lowest BCUT2D eigenvalue weighted by Gasteiger charge is -2.26. The maximum atomic E-state index is 13.7. The highest BCUT2D eigenvalue weighted by Crippen LogP contribution is 2.29. The standard InChI is InChI=1S/C23H24Cl2N4O4/c1-3-4-11-28-20(26)19(21(30)27-23(28)32)29(13-14-7-5-6-8-18(14)33-2)22(31)16-10-9-15(24)12-17(16)25/h5-10,12H,3-4,11,13,26H2,1-2H3,(H,27,30,32). The number of halogens is 2. The zero-order chi connectivity index (χ0) is 24.1. The number of hydrogen-bond donors (Lipinski definition) is 2. The SMILES string of the molecule is CCCCn1c(N)c(N(Cc2ccccc2OC)C(=O)c2ccc(Cl)cc2Cl)c(=O)[nH]c1=O. The number of ether oxygens (including phenoxy) is 1. The largest absolute Gasteiger partial charge is 0.496 e. The van der Waals surface area contributed by atoms with Crippen molar-refractivity contribution in [3.05, 3.63) is 84.5 Å². The van der Waals surface area contributed by atoms with E-state index >= 15 is 0 Å². The molecule has 3 N–H and O–H groups in total. The molecule has 0 fully saturated rings. The van der Waals surface area contributed by atoms with Gasteiger partial charge in [0.25, 0.3) is 11.5 Å². The van der Waals surface area contributed by atoms with E-state index in [-0.39, 0.29) is 28.6 Å². The van der Waals surface area contributed by atoms with Crippen molar-refractivity contribution in [2.75, 3.05) is 17.7 Å². The Hall–Kier alpha value is -3.23. The van der Waals surface area contributed by atoms with Crippen LogP contribution in [0.4, 0.5) is 11.5 Å². The van der Waals surface area contributed by atoms with Gasteiger partial charge >= 0.3 is 5.69 Å². The van der Waals surface area contributed by atoms with Gasteiger partial charge in [-0.05, 0) is 30.7 Å². The van der Waals surface area contributed by atoms with Gasteiger partial charge in [0.1, 0.15) is 11.6 Å². The number of methoxy groups -OCH3 is 1. The first-order chi connectivity index (χ1) is 15.8. The highest BCUT2D eigenvalue weighted by atomic mass is 35.5. The minimum absolute atomic E-state index is 0.0545. The van der Waals surface area contributed by atoms with Gasteiger partial charge in [-0.3, -0.25) is 24.0 Å². The Morgan fingerprint density at radius 3 is 2.58 bits per heavy atom. The Morgan fingerprint density at radius 2 is 1.91 bits per heavy atom. The number of aromatic amines is 1. The van der Waals surface area contributed by atoms with Crippen molar-refractivity contribution >= 4 is 40.6 Å². The molecule has 33 heavy (non-hydrogen) atoms. The number of para-hydroxylation sites is 1. The Kier molecular flexibility index (Phi) is 7.84. The van der Waals surface area contributed by atoms with E-state index in [1.807, 2.05) is 6.92 Å². The zero-order valence-electron chi connectivity index (χ0n) is 18.2. The molecule has 10 heteroatoms. The third-order valence-corrected chi connectivity index (χ3v) is 5.69. The Morgan fingerprint density at radius 1 is 1.18 bits per heavy atom. The fourth-order valence-corrected chi connectivity index (χ4v) is 3.93. The Labute approximate surface area is 200 Å². The number of unbranched alkanes of at least 4 members (excludes halogenated alkanes) is 1. The fourth-order valence-electron chi connectivity index (χ4n) is 3.44. The number of benzene rings is 2. The molecule has 0 bridgehead atoms. The molecule has 8 nitrogen and oxygen atoms in total. The highest BCUT2D eigenvalue weighted by molar-refractivity contribution is 6.37. The minimum atomic E-state index is -0.779. The third kappa shape index (κ3) is 5.23. The van der Waals surface area contributed by atoms with Crippen LogP contribution in [0.25, 0.3) is 0 Å². The number of H-pyrrole nitrogens is 1. The summed E-state index contributed by atoms with van der Waals surface area (Å²) >= 11 is 12.3. The van der Waals surface area contributed by atoms with E-state index in [1.54, 1.807) is 24.3 Å². The molecule has 0 spiro atoms. The molecular formula is C23H24Cl2N4O4. The van der Waals surface area contributed by atoms with Gasteiger partial charge in [-0.2, -0.15) is 0 Å². The summed E-state index contributed by atoms with van der Waals surface area (Å²) in [5, 5.41) is 0.477. The number of nitrogens with two attached hydrogens (primary N) is 1. The van der Waals surface area contributed by atoms with Crippen LogP contribution in [0.1, 0.15) is 35.7 Å². The summed E-state index contributed by atoms with van der Waals surface area (Å²) < 4.78 is 6.67. The van der Waals surface area contributed by atoms with Gasteiger partial charge in [-0.15, -0.1) is 0 Å². The molecule has 0 unspecified atom stereocenters. The average Bonchev–Trinajstić information content (AvgIpc) is 2.78. The molecule has 3 aromatic rings. The number of aromatic nitrogens is 2. The van der Waals surface area contributed by atoms with Crippen molar-refractivity contribution < 1.29 is 9.53 Å². The number of nitrogen functional groups attached to an aromatic ring is 1. The predicted octanol–water partition coefficient (Wildman–Crippen LogP) is 4.08. The van der Waals surface area contributed by atoms with E-state index in [1.165, 1.54) is 34.8 Å². The number of carbonyl (C=O) groups excluding carboxylic acids is 1. The number of nitrogens with one attached hydrogen (secondary N) is 1. The van der Waals surface area contributed by atoms with E-state index in [4.69, 9.17) is 33.7 Å². The molecule has 0 saturated carbocycles. The van der Waals surface area contributed by atoms with Crippen LogP contribution in [-0.2, 0) is 13.1 Å². The maximum Gasteiger partial charge on any atom is 0.330 e. The third-order valence-electron chi connectivity index (χ3n) is 5.15. The lowest BCUT2D eigenvalue weighted by Crippen LogP contribution is -2.41. The molecule has 1 amide bonds. The zero-order valence-corrected chi connectivity index (χ0v) is 19.7. The second kappa shape index (κ2) is 10.6. The van der Waals surface area contributed by atoms with Crippen LogP contribution in [-0.4, -0.2) is 22.6 Å². The van der Waals surface area contributed by atoms with Crippen molar-refractivity contribution in [2.24, 2.45) is 0 Å². The van der Waals surface area contributed by atoms with Crippen molar-refractivity contribution in [3.8, 4) is 5.75 Å². The van der Waals surface area contributed by atoms with Gasteiger partial charge in [0.2, 0.25) is 0 Å². The predicted molar refractivity (Wildman–Crippen MR) is 131 cm³/mol. The summed E-state index contributed by atoms with van der Waals surface area (Å²) in [6.07, 6.45) is 1.48. The summed E-state index contributed by atoms with van der Waals surface area (Å²) in [4.78, 5) is 42.4. The monoisotopic (exact) mass is 490 g/mol. The summed E-state index contributed by atoms with van der Waals surface area (Å²) in [7, 11) is 1.51. The van der Waals surface area contributed by atoms with Gasteiger partial charge in [-0.1, -0.05) is 54.7 Å². The normalized spacial score (nSPS) is 10.8. The van der Waals surface area contributed by atoms with E-state index in [0.29, 0.717) is 29.3 Å². The first kappa shape index (κ1) is 24.4. The van der Waals surface area contributed by atoms with Gasteiger partial charge in [0.15, 0.2) is 5.69 Å². The van der Waals surface area contributed by atoms with Crippen LogP contribution in [0, 0.1) is 0 Å². The van der Waals surface area contributed by atoms with Gasteiger partial charge in [0.05, 0.1) is 24.2 Å². The first-order valence-electron chi connectivity index (χ1n) is 10.3. The van der Waals surface area contributed by atoms with Crippen LogP contribution in [0.2, 0.25) is 10.0 Å². The number of rotatable bonds is 8. The number of amides is 1. The van der Waals surface area contributed by atoms with E-state index in [0.717, 1.165) is 6.42 Å². The molecular weight excluding hydrogens is 467 g/mol. The lowest BCUT2D eigenvalue weighted by atomic mass is 10.1. The van der Waals surface area contributed by atoms with E-state index in [2.05, 4.69) is 4.98 Å². The maximum absolute atomic E-state index is 13.7. The molecule has 2 aromatic carbocycles. The number of nitrogens with zero attached hydrogens (tertiary/aromatic N) is 2. The molecule has 0 saturated heterocycles. The molecule has 0 aliphatic heterocycles. The first-order valence-corrected chi connectivity index (χ1v) is 11.1. The molecule has 0 atom stereocenters. The topological polar surface area (TPSA) is 110 Å². The Balaban J connectivity index is 2.22. The summed E-state index contributed by atoms with van der Waals surface area (Å²) in [6.45, 7) is 2.21. The van der Waals surface area contributed by atoms with Gasteiger partial charge < -0.3 is 10.5 Å². The average molecular weight is 491 g/mol. The van der Waals surface area contributed by atoms with Crippen LogP contribution in [0.15, 0.2) is 52.1 Å². The minimum Gasteiger partial charge on any atom is -0.496 e. The molecule has 174 valence electrons. The molecule has 1 aromatic heterocycles. The second-order valence-electron chi connectivity index (χ2n) is 7.33. The van der Waals surface area contributed by atoms with Crippen LogP contribution in [0.5, 0.6) is 5.75 Å². The molecule has 3 rings (SSSR count). The van der Waals surface area contributed by atoms with Crippen LogP contribution in [0.3, 0.4) is 0 Å². The quantitative estimate of drug-likeness (QED) is 0.494. The summed E-state index contributed by atoms with van der Waals surface area (Å²) in [5.41, 5.74) is 5.49. The summed E-state index contributed by atoms with van der Waals surface area (Å²) in [6, 6.07) is 11.5. The van der Waals surface area contributed by atoms with E-state index in [9.17, 15) is 14.4 Å². The smallest absolute Gasteiger partial charge is 0.330 e.